The van der Waals surface area contributed by atoms with Crippen LogP contribution in [-0.2, 0) is 38.2 Å². The Morgan fingerprint density at radius 2 is 1.78 bits per heavy atom. The molecule has 0 bridgehead atoms. The lowest BCUT2D eigenvalue weighted by Gasteiger charge is -2.63. The van der Waals surface area contributed by atoms with Crippen LogP contribution in [-0.4, -0.2) is 54.5 Å². The molecule has 0 aromatic heterocycles. The molecule has 0 spiro atoms. The first-order chi connectivity index (χ1) is 16.8. The van der Waals surface area contributed by atoms with Crippen LogP contribution >= 0.6 is 0 Å². The summed E-state index contributed by atoms with van der Waals surface area (Å²) in [6, 6.07) is 0. The fourth-order valence-electron chi connectivity index (χ4n) is 7.86. The van der Waals surface area contributed by atoms with E-state index in [1.807, 2.05) is 0 Å². The smallest absolute Gasteiger partial charge is 0.311 e. The maximum atomic E-state index is 17.8. The Balaban J connectivity index is 1.87. The van der Waals surface area contributed by atoms with Gasteiger partial charge in [0, 0.05) is 24.7 Å². The molecule has 3 saturated carbocycles. The number of carbonyl (C=O) groups is 5. The quantitative estimate of drug-likeness (QED) is 0.414. The lowest BCUT2D eigenvalue weighted by atomic mass is 9.42. The molecule has 0 heterocycles. The molecule has 7 atom stereocenters. The average Bonchev–Trinajstić information content (AvgIpc) is 3.09. The van der Waals surface area contributed by atoms with Gasteiger partial charge in [-0.1, -0.05) is 18.6 Å². The van der Waals surface area contributed by atoms with Gasteiger partial charge in [-0.15, -0.1) is 0 Å². The standard InChI is InChI=1S/C27H33FO8/c1-15(29)35-14-22(32)26(36-16(2)30)11-9-19-20-7-6-17-12-18(31)8-10-24(17,3)27(20,28)21(23(33)34-5)13-25(19,26)4/h8,10,12,19-21H,6-7,9,11,13-14H2,1-5H3/t19-,20+,21+,24+,25+,26+,27+/m1/s1. The molecule has 0 unspecified atom stereocenters. The van der Waals surface area contributed by atoms with Gasteiger partial charge >= 0.3 is 17.9 Å². The van der Waals surface area contributed by atoms with Crippen molar-refractivity contribution in [1.82, 2.24) is 0 Å². The van der Waals surface area contributed by atoms with Crippen LogP contribution in [0.3, 0.4) is 0 Å². The van der Waals surface area contributed by atoms with Crippen LogP contribution in [0.1, 0.15) is 59.8 Å². The highest BCUT2D eigenvalue weighted by Crippen LogP contribution is 2.72. The van der Waals surface area contributed by atoms with Crippen LogP contribution in [0.2, 0.25) is 0 Å². The number of halogens is 1. The van der Waals surface area contributed by atoms with E-state index in [4.69, 9.17) is 14.2 Å². The normalized spacial score (nSPS) is 40.8. The first-order valence-electron chi connectivity index (χ1n) is 12.3. The van der Waals surface area contributed by atoms with Crippen molar-refractivity contribution in [3.05, 3.63) is 23.8 Å². The first-order valence-corrected chi connectivity index (χ1v) is 12.3. The molecule has 36 heavy (non-hydrogen) atoms. The van der Waals surface area contributed by atoms with Crippen LogP contribution in [0.4, 0.5) is 4.39 Å². The van der Waals surface area contributed by atoms with Crippen molar-refractivity contribution < 1.29 is 42.6 Å². The number of esters is 3. The van der Waals surface area contributed by atoms with E-state index in [0.717, 1.165) is 0 Å². The molecule has 8 nitrogen and oxygen atoms in total. The van der Waals surface area contributed by atoms with Crippen molar-refractivity contribution in [1.29, 1.82) is 0 Å². The summed E-state index contributed by atoms with van der Waals surface area (Å²) in [7, 11) is 1.19. The van der Waals surface area contributed by atoms with Crippen molar-refractivity contribution in [2.24, 2.45) is 28.6 Å². The summed E-state index contributed by atoms with van der Waals surface area (Å²) in [4.78, 5) is 62.6. The van der Waals surface area contributed by atoms with Gasteiger partial charge < -0.3 is 14.2 Å². The number of hydrogen-bond donors (Lipinski definition) is 0. The van der Waals surface area contributed by atoms with E-state index in [-0.39, 0.29) is 18.6 Å². The molecule has 4 aliphatic rings. The predicted octanol–water partition coefficient (Wildman–Crippen LogP) is 3.22. The lowest BCUT2D eigenvalue weighted by molar-refractivity contribution is -0.216. The van der Waals surface area contributed by atoms with E-state index in [1.165, 1.54) is 33.1 Å². The molecule has 9 heteroatoms. The second-order valence-electron chi connectivity index (χ2n) is 11.0. The lowest BCUT2D eigenvalue weighted by Crippen LogP contribution is -2.69. The molecule has 196 valence electrons. The minimum atomic E-state index is -2.09. The molecule has 3 fully saturated rings. The van der Waals surface area contributed by atoms with Crippen molar-refractivity contribution in [3.63, 3.8) is 0 Å². The summed E-state index contributed by atoms with van der Waals surface area (Å²) in [6.07, 6.45) is 5.60. The van der Waals surface area contributed by atoms with Crippen LogP contribution in [0.5, 0.6) is 0 Å². The van der Waals surface area contributed by atoms with Gasteiger partial charge in [0.15, 0.2) is 18.0 Å². The number of methoxy groups -OCH3 is 1. The molecule has 0 saturated heterocycles. The fraction of sp³-hybridized carbons (Fsp3) is 0.667. The number of allylic oxidation sites excluding steroid dienone is 4. The van der Waals surface area contributed by atoms with E-state index in [2.05, 4.69) is 0 Å². The van der Waals surface area contributed by atoms with E-state index in [9.17, 15) is 24.0 Å². The Hall–Kier alpha value is -2.84. The van der Waals surface area contributed by atoms with Gasteiger partial charge in [-0.05, 0) is 63.0 Å². The Labute approximate surface area is 209 Å². The molecule has 4 aliphatic carbocycles. The maximum Gasteiger partial charge on any atom is 0.311 e. The molecule has 0 amide bonds. The van der Waals surface area contributed by atoms with Gasteiger partial charge in [-0.2, -0.15) is 0 Å². The second-order valence-corrected chi connectivity index (χ2v) is 11.0. The van der Waals surface area contributed by atoms with Crippen LogP contribution in [0.15, 0.2) is 23.8 Å². The Morgan fingerprint density at radius 3 is 2.39 bits per heavy atom. The third-order valence-corrected chi connectivity index (χ3v) is 9.45. The summed E-state index contributed by atoms with van der Waals surface area (Å²) in [6.45, 7) is 5.26. The number of alkyl halides is 1. The van der Waals surface area contributed by atoms with Crippen LogP contribution in [0.25, 0.3) is 0 Å². The second kappa shape index (κ2) is 8.63. The number of ketones is 2. The van der Waals surface area contributed by atoms with E-state index >= 15 is 4.39 Å². The number of carbonyl (C=O) groups excluding carboxylic acids is 5. The van der Waals surface area contributed by atoms with Crippen LogP contribution < -0.4 is 0 Å². The Kier molecular flexibility index (Phi) is 6.29. The zero-order chi connectivity index (χ0) is 26.7. The van der Waals surface area contributed by atoms with E-state index < -0.39 is 70.2 Å². The Morgan fingerprint density at radius 1 is 1.08 bits per heavy atom. The summed E-state index contributed by atoms with van der Waals surface area (Å²) < 4.78 is 33.6. The largest absolute Gasteiger partial charge is 0.469 e. The van der Waals surface area contributed by atoms with Gasteiger partial charge in [0.25, 0.3) is 0 Å². The van der Waals surface area contributed by atoms with Crippen molar-refractivity contribution in [3.8, 4) is 0 Å². The average molecular weight is 505 g/mol. The minimum absolute atomic E-state index is 0.110. The highest BCUT2D eigenvalue weighted by molar-refractivity contribution is 6.01. The van der Waals surface area contributed by atoms with Crippen molar-refractivity contribution >= 4 is 29.5 Å². The minimum Gasteiger partial charge on any atom is -0.469 e. The summed E-state index contributed by atoms with van der Waals surface area (Å²) in [5, 5.41) is 0. The van der Waals surface area contributed by atoms with E-state index in [0.29, 0.717) is 24.8 Å². The fourth-order valence-corrected chi connectivity index (χ4v) is 7.86. The number of rotatable bonds is 5. The summed E-state index contributed by atoms with van der Waals surface area (Å²) in [5.41, 5.74) is -5.45. The molecule has 0 aromatic carbocycles. The molecule has 0 aliphatic heterocycles. The van der Waals surface area contributed by atoms with Gasteiger partial charge in [0.1, 0.15) is 5.67 Å². The Bertz CT molecular complexity index is 1090. The van der Waals surface area contributed by atoms with Crippen molar-refractivity contribution in [2.75, 3.05) is 13.7 Å². The third kappa shape index (κ3) is 3.41. The van der Waals surface area contributed by atoms with Gasteiger partial charge in [0.2, 0.25) is 5.78 Å². The number of hydrogen-bond acceptors (Lipinski definition) is 8. The number of Topliss-reactive ketones (excluding diaryl/α,β-unsaturated/α-hetero) is 1. The molecular weight excluding hydrogens is 471 g/mol. The number of fused-ring (bicyclic) bond motifs is 5. The summed E-state index contributed by atoms with van der Waals surface area (Å²) in [5.74, 6) is -5.26. The van der Waals surface area contributed by atoms with Gasteiger partial charge in [0.05, 0.1) is 13.0 Å². The topological polar surface area (TPSA) is 113 Å². The third-order valence-electron chi connectivity index (χ3n) is 9.45. The highest BCUT2D eigenvalue weighted by Gasteiger charge is 2.76. The maximum absolute atomic E-state index is 17.8. The highest BCUT2D eigenvalue weighted by atomic mass is 19.1. The van der Waals surface area contributed by atoms with Crippen molar-refractivity contribution in [2.45, 2.75) is 71.1 Å². The van der Waals surface area contributed by atoms with E-state index in [1.54, 1.807) is 19.9 Å². The molecular formula is C27H33FO8. The van der Waals surface area contributed by atoms with Gasteiger partial charge in [-0.25, -0.2) is 4.39 Å². The monoisotopic (exact) mass is 504 g/mol. The zero-order valence-corrected chi connectivity index (χ0v) is 21.4. The molecule has 0 aromatic rings. The molecule has 0 N–H and O–H groups in total. The molecule has 4 rings (SSSR count). The predicted molar refractivity (Wildman–Crippen MR) is 124 cm³/mol. The first kappa shape index (κ1) is 26.2. The SMILES string of the molecule is COC(=O)[C@@H]1C[C@@]2(C)[C@H](CC[C@]2(OC(C)=O)C(=O)COC(C)=O)[C@@H]2CCC3=CC(=O)C=C[C@]3(C)[C@@]12F. The zero-order valence-electron chi connectivity index (χ0n) is 21.4. The van der Waals surface area contributed by atoms with Gasteiger partial charge in [-0.3, -0.25) is 24.0 Å². The summed E-state index contributed by atoms with van der Waals surface area (Å²) >= 11 is 0. The van der Waals surface area contributed by atoms with Crippen LogP contribution in [0, 0.1) is 28.6 Å². The molecule has 0 radical (unpaired) electrons. The number of ether oxygens (including phenoxy) is 3.